The lowest BCUT2D eigenvalue weighted by Crippen LogP contribution is -2.41. The maximum atomic E-state index is 12.6. The number of fused-ring (bicyclic) bond motifs is 3. The summed E-state index contributed by atoms with van der Waals surface area (Å²) in [4.78, 5) is 24.0. The third-order valence-electron chi connectivity index (χ3n) is 7.07. The summed E-state index contributed by atoms with van der Waals surface area (Å²) in [5.41, 5.74) is 1.24. The number of carbonyl (C=O) groups excluding carboxylic acids is 1. The predicted molar refractivity (Wildman–Crippen MR) is 117 cm³/mol. The first-order valence-electron chi connectivity index (χ1n) is 11.8. The molecule has 0 spiro atoms. The number of halogens is 3. The maximum Gasteiger partial charge on any atom is 0.490 e. The van der Waals surface area contributed by atoms with Crippen molar-refractivity contribution in [2.45, 2.75) is 51.0 Å². The van der Waals surface area contributed by atoms with E-state index in [4.69, 9.17) is 19.4 Å². The van der Waals surface area contributed by atoms with E-state index in [-0.39, 0.29) is 5.91 Å². The van der Waals surface area contributed by atoms with Crippen LogP contribution in [0.2, 0.25) is 0 Å². The molecule has 0 radical (unpaired) electrons. The van der Waals surface area contributed by atoms with E-state index in [1.807, 2.05) is 6.07 Å². The number of nitrogens with zero attached hydrogens (tertiary/aromatic N) is 4. The van der Waals surface area contributed by atoms with Gasteiger partial charge in [0.25, 0.3) is 5.91 Å². The van der Waals surface area contributed by atoms with Crippen molar-refractivity contribution < 1.29 is 37.3 Å². The molecule has 36 heavy (non-hydrogen) atoms. The average Bonchev–Trinajstić information content (AvgIpc) is 3.51. The van der Waals surface area contributed by atoms with Crippen LogP contribution in [0, 0.1) is 11.8 Å². The number of carboxylic acid groups (broad SMARTS) is 1. The van der Waals surface area contributed by atoms with E-state index in [0.717, 1.165) is 62.8 Å². The van der Waals surface area contributed by atoms with Crippen LogP contribution < -0.4 is 14.8 Å². The molecule has 13 heteroatoms. The van der Waals surface area contributed by atoms with Crippen molar-refractivity contribution in [1.82, 2.24) is 25.0 Å². The number of hydrogen-bond acceptors (Lipinski definition) is 7. The Labute approximate surface area is 204 Å². The van der Waals surface area contributed by atoms with Crippen LogP contribution in [0.5, 0.6) is 11.5 Å². The van der Waals surface area contributed by atoms with Gasteiger partial charge in [-0.25, -0.2) is 4.79 Å². The molecule has 2 fully saturated rings. The van der Waals surface area contributed by atoms with Crippen molar-refractivity contribution in [3.63, 3.8) is 0 Å². The summed E-state index contributed by atoms with van der Waals surface area (Å²) in [6.45, 7) is 4.12. The summed E-state index contributed by atoms with van der Waals surface area (Å²) in [5, 5.41) is 18.8. The topological polar surface area (TPSA) is 119 Å². The fraction of sp³-hybridized carbons (Fsp3) is 0.565. The van der Waals surface area contributed by atoms with Crippen molar-refractivity contribution in [1.29, 1.82) is 0 Å². The molecule has 2 N–H and O–H groups in total. The molecule has 6 rings (SSSR count). The summed E-state index contributed by atoms with van der Waals surface area (Å²) >= 11 is 0. The van der Waals surface area contributed by atoms with Gasteiger partial charge in [-0.1, -0.05) is 6.07 Å². The molecular weight excluding hydrogens is 483 g/mol. The van der Waals surface area contributed by atoms with Crippen molar-refractivity contribution in [3.05, 3.63) is 35.4 Å². The third kappa shape index (κ3) is 5.11. The second kappa shape index (κ2) is 9.60. The number of carbonyl (C=O) groups is 2. The summed E-state index contributed by atoms with van der Waals surface area (Å²) < 4.78 is 44.7. The zero-order valence-electron chi connectivity index (χ0n) is 19.3. The predicted octanol–water partition coefficient (Wildman–Crippen LogP) is 2.23. The largest absolute Gasteiger partial charge is 0.490 e. The number of likely N-dealkylation sites (tertiary alicyclic amines) is 1. The van der Waals surface area contributed by atoms with Crippen LogP contribution in [0.15, 0.2) is 18.2 Å². The van der Waals surface area contributed by atoms with Crippen LogP contribution in [0.3, 0.4) is 0 Å². The highest BCUT2D eigenvalue weighted by atomic mass is 19.4. The number of aliphatic carboxylic acids is 1. The molecule has 194 valence electrons. The summed E-state index contributed by atoms with van der Waals surface area (Å²) in [5.74, 6) is 1.39. The Morgan fingerprint density at radius 3 is 2.50 bits per heavy atom. The molecule has 3 aliphatic heterocycles. The number of nitrogens with one attached hydrogen (secondary N) is 1. The number of aromatic nitrogens is 3. The smallest absolute Gasteiger partial charge is 0.475 e. The van der Waals surface area contributed by atoms with Gasteiger partial charge >= 0.3 is 12.1 Å². The van der Waals surface area contributed by atoms with Crippen LogP contribution >= 0.6 is 0 Å². The Morgan fingerprint density at radius 2 is 1.81 bits per heavy atom. The molecule has 4 heterocycles. The van der Waals surface area contributed by atoms with Gasteiger partial charge in [-0.3, -0.25) is 9.69 Å². The molecule has 1 aromatic carbocycles. The summed E-state index contributed by atoms with van der Waals surface area (Å²) in [7, 11) is 0. The minimum atomic E-state index is -5.08. The number of rotatable bonds is 4. The van der Waals surface area contributed by atoms with Gasteiger partial charge < -0.3 is 24.5 Å². The molecule has 1 amide bonds. The highest BCUT2D eigenvalue weighted by molar-refractivity contribution is 5.91. The lowest BCUT2D eigenvalue weighted by molar-refractivity contribution is -0.192. The van der Waals surface area contributed by atoms with Gasteiger partial charge in [-0.2, -0.15) is 13.2 Å². The van der Waals surface area contributed by atoms with Gasteiger partial charge in [0.2, 0.25) is 12.6 Å². The molecule has 4 aliphatic rings. The lowest BCUT2D eigenvalue weighted by Gasteiger charge is -2.28. The minimum absolute atomic E-state index is 0.0675. The van der Waals surface area contributed by atoms with E-state index < -0.39 is 12.1 Å². The van der Waals surface area contributed by atoms with E-state index in [2.05, 4.69) is 37.1 Å². The standard InChI is InChI=1S/C21H25N5O3.C2HF3O2/c27-21(22-16-2-1-3-16)20-24-23-19-7-14-9-25(10-15(14)11-26(19)20)8-13-4-5-17-18(6-13)29-12-28-17;3-2(4,5)1(6)7/h4-6,14-16H,1-3,7-12H2,(H,22,27);(H,6,7). The van der Waals surface area contributed by atoms with Crippen LogP contribution in [-0.2, 0) is 24.3 Å². The van der Waals surface area contributed by atoms with Gasteiger partial charge in [0.05, 0.1) is 0 Å². The number of hydrogen-bond donors (Lipinski definition) is 2. The Hall–Kier alpha value is -3.35. The first-order chi connectivity index (χ1) is 17.2. The van der Waals surface area contributed by atoms with Crippen molar-refractivity contribution in [2.75, 3.05) is 19.9 Å². The van der Waals surface area contributed by atoms with E-state index in [1.165, 1.54) is 12.0 Å². The zero-order valence-corrected chi connectivity index (χ0v) is 19.3. The molecule has 2 aromatic rings. The first-order valence-corrected chi connectivity index (χ1v) is 11.8. The first kappa shape index (κ1) is 24.3. The molecule has 10 nitrogen and oxygen atoms in total. The number of ether oxygens (including phenoxy) is 2. The third-order valence-corrected chi connectivity index (χ3v) is 7.07. The lowest BCUT2D eigenvalue weighted by atomic mass is 9.89. The number of amides is 1. The number of alkyl halides is 3. The normalized spacial score (nSPS) is 22.6. The molecule has 1 saturated carbocycles. The van der Waals surface area contributed by atoms with E-state index in [9.17, 15) is 18.0 Å². The number of carboxylic acids is 1. The van der Waals surface area contributed by atoms with Gasteiger partial charge in [-0.05, 0) is 48.8 Å². The van der Waals surface area contributed by atoms with E-state index in [1.54, 1.807) is 0 Å². The molecular formula is C23H26F3N5O5. The maximum absolute atomic E-state index is 12.6. The van der Waals surface area contributed by atoms with Gasteiger partial charge in [-0.15, -0.1) is 10.2 Å². The van der Waals surface area contributed by atoms with Gasteiger partial charge in [0.15, 0.2) is 11.5 Å². The van der Waals surface area contributed by atoms with Crippen LogP contribution in [0.25, 0.3) is 0 Å². The fourth-order valence-corrected chi connectivity index (χ4v) is 5.02. The van der Waals surface area contributed by atoms with Crippen LogP contribution in [0.4, 0.5) is 13.2 Å². The highest BCUT2D eigenvalue weighted by Gasteiger charge is 2.40. The molecule has 0 bridgehead atoms. The summed E-state index contributed by atoms with van der Waals surface area (Å²) in [6, 6.07) is 6.51. The Balaban J connectivity index is 0.000000338. The quantitative estimate of drug-likeness (QED) is 0.644. The highest BCUT2D eigenvalue weighted by Crippen LogP contribution is 2.36. The van der Waals surface area contributed by atoms with Gasteiger partial charge in [0, 0.05) is 38.6 Å². The second-order valence-electron chi connectivity index (χ2n) is 9.56. The van der Waals surface area contributed by atoms with Gasteiger partial charge in [0.1, 0.15) is 5.82 Å². The van der Waals surface area contributed by atoms with Crippen LogP contribution in [-0.4, -0.2) is 68.7 Å². The molecule has 2 atom stereocenters. The fourth-order valence-electron chi connectivity index (χ4n) is 5.02. The van der Waals surface area contributed by atoms with Crippen molar-refractivity contribution in [2.24, 2.45) is 11.8 Å². The average molecular weight is 509 g/mol. The van der Waals surface area contributed by atoms with E-state index >= 15 is 0 Å². The minimum Gasteiger partial charge on any atom is -0.475 e. The Kier molecular flexibility index (Phi) is 6.49. The second-order valence-corrected chi connectivity index (χ2v) is 9.56. The zero-order chi connectivity index (χ0) is 25.4. The molecule has 2 unspecified atom stereocenters. The van der Waals surface area contributed by atoms with Crippen molar-refractivity contribution in [3.8, 4) is 11.5 Å². The Bertz CT molecular complexity index is 1150. The van der Waals surface area contributed by atoms with Crippen LogP contribution in [0.1, 0.15) is 41.3 Å². The molecule has 1 saturated heterocycles. The van der Waals surface area contributed by atoms with E-state index in [0.29, 0.717) is 30.5 Å². The Morgan fingerprint density at radius 1 is 1.08 bits per heavy atom. The van der Waals surface area contributed by atoms with Crippen molar-refractivity contribution >= 4 is 11.9 Å². The molecule has 1 aliphatic carbocycles. The SMILES string of the molecule is O=C(NC1CCC1)c1nnc2n1CC1CN(Cc3ccc4c(c3)OCO4)CC1C2.O=C(O)C(F)(F)F. The number of benzene rings is 1. The molecule has 1 aromatic heterocycles. The monoisotopic (exact) mass is 509 g/mol. The summed E-state index contributed by atoms with van der Waals surface area (Å²) in [6.07, 6.45) is -0.837.